The molecule has 2 heteroatoms. The number of allylic oxidation sites excluding steroid dienone is 4. The van der Waals surface area contributed by atoms with Crippen molar-refractivity contribution in [2.45, 2.75) is 12.8 Å². The summed E-state index contributed by atoms with van der Waals surface area (Å²) in [6.45, 7) is 0. The fraction of sp³-hybridized carbons (Fsp3) is 0.267. The van der Waals surface area contributed by atoms with Gasteiger partial charge in [0.1, 0.15) is 0 Å². The number of ketones is 1. The molecule has 1 aromatic rings. The van der Waals surface area contributed by atoms with Gasteiger partial charge in [-0.15, -0.1) is 0 Å². The van der Waals surface area contributed by atoms with E-state index in [-0.39, 0.29) is 5.78 Å². The highest BCUT2D eigenvalue weighted by atomic mass is 32.2. The normalized spacial score (nSPS) is 19.4. The Morgan fingerprint density at radius 3 is 2.41 bits per heavy atom. The van der Waals surface area contributed by atoms with Gasteiger partial charge in [0.05, 0.1) is 0 Å². The molecule has 1 aliphatic carbocycles. The van der Waals surface area contributed by atoms with Gasteiger partial charge in [-0.3, -0.25) is 4.79 Å². The maximum atomic E-state index is 11.8. The predicted octanol–water partition coefficient (Wildman–Crippen LogP) is 3.72. The van der Waals surface area contributed by atoms with Crippen molar-refractivity contribution in [2.24, 2.45) is 0 Å². The minimum atomic E-state index is 0.134. The molecule has 0 spiro atoms. The van der Waals surface area contributed by atoms with Crippen LogP contribution in [0.2, 0.25) is 0 Å². The zero-order chi connectivity index (χ0) is 11.7. The van der Waals surface area contributed by atoms with Gasteiger partial charge in [0.2, 0.25) is 0 Å². The van der Waals surface area contributed by atoms with E-state index >= 15 is 0 Å². The number of hydrogen-bond acceptors (Lipinski definition) is 2. The van der Waals surface area contributed by atoms with Crippen LogP contribution in [0.5, 0.6) is 0 Å². The van der Waals surface area contributed by atoms with Crippen LogP contribution in [0.4, 0.5) is 0 Å². The number of benzene rings is 1. The van der Waals surface area contributed by atoms with Crippen molar-refractivity contribution in [1.29, 1.82) is 0 Å². The van der Waals surface area contributed by atoms with Crippen molar-refractivity contribution < 1.29 is 4.79 Å². The van der Waals surface area contributed by atoms with Crippen LogP contribution in [-0.4, -0.2) is 17.3 Å². The van der Waals surface area contributed by atoms with Gasteiger partial charge in [-0.1, -0.05) is 35.9 Å². The van der Waals surface area contributed by atoms with Gasteiger partial charge in [0.15, 0.2) is 5.78 Å². The Hall–Kier alpha value is -1.28. The topological polar surface area (TPSA) is 17.1 Å². The molecule has 0 bridgehead atoms. The lowest BCUT2D eigenvalue weighted by Crippen LogP contribution is -2.08. The zero-order valence-electron chi connectivity index (χ0n) is 9.61. The first-order valence-corrected chi connectivity index (χ1v) is 7.13. The summed E-state index contributed by atoms with van der Waals surface area (Å²) in [5.41, 5.74) is 4.79. The van der Waals surface area contributed by atoms with Crippen LogP contribution in [0.15, 0.2) is 42.0 Å². The van der Waals surface area contributed by atoms with E-state index in [9.17, 15) is 4.79 Å². The quantitative estimate of drug-likeness (QED) is 0.689. The van der Waals surface area contributed by atoms with Crippen LogP contribution in [0.1, 0.15) is 28.8 Å². The second-order valence-corrected chi connectivity index (χ2v) is 5.60. The molecule has 1 saturated heterocycles. The Labute approximate surface area is 106 Å². The summed E-state index contributed by atoms with van der Waals surface area (Å²) in [5.74, 6) is 2.56. The van der Waals surface area contributed by atoms with Gasteiger partial charge < -0.3 is 0 Å². The Balaban J connectivity index is 2.13. The van der Waals surface area contributed by atoms with E-state index in [0.717, 1.165) is 24.0 Å². The lowest BCUT2D eigenvalue weighted by atomic mass is 9.87. The highest BCUT2D eigenvalue weighted by Crippen LogP contribution is 2.34. The molecule has 17 heavy (non-hydrogen) atoms. The van der Waals surface area contributed by atoms with Crippen molar-refractivity contribution in [2.75, 3.05) is 11.5 Å². The van der Waals surface area contributed by atoms with E-state index in [1.807, 2.05) is 36.0 Å². The van der Waals surface area contributed by atoms with Gasteiger partial charge in [-0.25, -0.2) is 0 Å². The number of fused-ring (bicyclic) bond motifs is 1. The minimum Gasteiger partial charge on any atom is -0.289 e. The summed E-state index contributed by atoms with van der Waals surface area (Å²) in [6, 6.07) is 7.96. The van der Waals surface area contributed by atoms with Gasteiger partial charge in [0.25, 0.3) is 0 Å². The van der Waals surface area contributed by atoms with Gasteiger partial charge in [-0.2, -0.15) is 11.8 Å². The van der Waals surface area contributed by atoms with Crippen molar-refractivity contribution in [3.63, 3.8) is 0 Å². The first kappa shape index (κ1) is 10.8. The van der Waals surface area contributed by atoms with Crippen LogP contribution >= 0.6 is 11.8 Å². The summed E-state index contributed by atoms with van der Waals surface area (Å²) >= 11 is 2.02. The third-order valence-corrected chi connectivity index (χ3v) is 4.35. The monoisotopic (exact) mass is 242 g/mol. The maximum Gasteiger partial charge on any atom is 0.186 e. The summed E-state index contributed by atoms with van der Waals surface area (Å²) in [7, 11) is 0. The highest BCUT2D eigenvalue weighted by molar-refractivity contribution is 7.99. The lowest BCUT2D eigenvalue weighted by Gasteiger charge is -2.21. The summed E-state index contributed by atoms with van der Waals surface area (Å²) in [5, 5.41) is 0. The molecule has 0 atom stereocenters. The van der Waals surface area contributed by atoms with Gasteiger partial charge in [-0.05, 0) is 41.6 Å². The molecule has 86 valence electrons. The number of hydrogen-bond donors (Lipinski definition) is 0. The molecule has 1 aromatic carbocycles. The Morgan fingerprint density at radius 2 is 1.65 bits per heavy atom. The fourth-order valence-corrected chi connectivity index (χ4v) is 3.45. The molecule has 0 N–H and O–H groups in total. The molecular weight excluding hydrogens is 228 g/mol. The van der Waals surface area contributed by atoms with Crippen LogP contribution < -0.4 is 0 Å². The van der Waals surface area contributed by atoms with Crippen LogP contribution in [0.25, 0.3) is 5.57 Å². The highest BCUT2D eigenvalue weighted by Gasteiger charge is 2.19. The Bertz CT molecular complexity index is 517. The molecule has 0 amide bonds. The lowest BCUT2D eigenvalue weighted by molar-refractivity contribution is 0.104. The molecule has 0 saturated carbocycles. The fourth-order valence-electron chi connectivity index (χ4n) is 2.47. The Kier molecular flexibility index (Phi) is 2.89. The summed E-state index contributed by atoms with van der Waals surface area (Å²) in [4.78, 5) is 11.8. The van der Waals surface area contributed by atoms with E-state index in [4.69, 9.17) is 0 Å². The zero-order valence-corrected chi connectivity index (χ0v) is 10.4. The minimum absolute atomic E-state index is 0.134. The molecule has 2 aliphatic rings. The molecule has 1 nitrogen and oxygen atoms in total. The van der Waals surface area contributed by atoms with Gasteiger partial charge in [0, 0.05) is 5.56 Å². The molecule has 0 unspecified atom stereocenters. The largest absolute Gasteiger partial charge is 0.289 e. The third kappa shape index (κ3) is 1.98. The van der Waals surface area contributed by atoms with E-state index in [1.54, 1.807) is 6.08 Å². The van der Waals surface area contributed by atoms with Crippen molar-refractivity contribution >= 4 is 23.1 Å². The van der Waals surface area contributed by atoms with E-state index < -0.39 is 0 Å². The van der Waals surface area contributed by atoms with Crippen LogP contribution in [0.3, 0.4) is 0 Å². The van der Waals surface area contributed by atoms with Crippen molar-refractivity contribution in [3.8, 4) is 0 Å². The molecule has 1 heterocycles. The molecule has 0 aromatic heterocycles. The van der Waals surface area contributed by atoms with Gasteiger partial charge >= 0.3 is 0 Å². The molecule has 3 rings (SSSR count). The van der Waals surface area contributed by atoms with E-state index in [2.05, 4.69) is 6.07 Å². The predicted molar refractivity (Wildman–Crippen MR) is 73.4 cm³/mol. The second-order valence-electron chi connectivity index (χ2n) is 4.37. The molecule has 1 fully saturated rings. The van der Waals surface area contributed by atoms with Crippen molar-refractivity contribution in [3.05, 3.63) is 53.1 Å². The summed E-state index contributed by atoms with van der Waals surface area (Å²) in [6.07, 6.45) is 6.04. The summed E-state index contributed by atoms with van der Waals surface area (Å²) < 4.78 is 0. The standard InChI is InChI=1S/C15H14OS/c16-15-6-5-12(11-7-9-17-10-8-11)13-3-1-2-4-14(13)15/h1-6H,7-10H2. The number of rotatable bonds is 0. The smallest absolute Gasteiger partial charge is 0.186 e. The maximum absolute atomic E-state index is 11.8. The Morgan fingerprint density at radius 1 is 0.941 bits per heavy atom. The number of thioether (sulfide) groups is 1. The molecular formula is C15H14OS. The van der Waals surface area contributed by atoms with Crippen molar-refractivity contribution in [1.82, 2.24) is 0 Å². The SMILES string of the molecule is O=C1C=CC(=C2CCSCC2)c2ccccc21. The third-order valence-electron chi connectivity index (χ3n) is 3.36. The van der Waals surface area contributed by atoms with Crippen LogP contribution in [-0.2, 0) is 0 Å². The molecule has 1 aliphatic heterocycles. The first-order valence-electron chi connectivity index (χ1n) is 5.98. The number of carbonyl (C=O) groups is 1. The van der Waals surface area contributed by atoms with E-state index in [1.165, 1.54) is 22.7 Å². The molecule has 0 radical (unpaired) electrons. The average molecular weight is 242 g/mol. The van der Waals surface area contributed by atoms with Crippen LogP contribution in [0, 0.1) is 0 Å². The average Bonchev–Trinajstić information content (AvgIpc) is 2.41. The van der Waals surface area contributed by atoms with E-state index in [0.29, 0.717) is 0 Å². The number of carbonyl (C=O) groups excluding carboxylic acids is 1. The second kappa shape index (κ2) is 4.53. The first-order chi connectivity index (χ1) is 8.36.